The van der Waals surface area contributed by atoms with Crippen molar-refractivity contribution in [3.63, 3.8) is 0 Å². The Hall–Kier alpha value is -3.92. The molecule has 1 aliphatic rings. The maximum Gasteiger partial charge on any atom is 0.122 e. The number of rotatable bonds is 0. The third-order valence-electron chi connectivity index (χ3n) is 7.80. The lowest BCUT2D eigenvalue weighted by molar-refractivity contribution is 0.449. The molecule has 0 heterocycles. The zero-order valence-corrected chi connectivity index (χ0v) is 24.5. The van der Waals surface area contributed by atoms with Gasteiger partial charge in [-0.2, -0.15) is 0 Å². The number of para-hydroxylation sites is 1. The topological polar surface area (TPSA) is 80.9 Å². The number of fused-ring (bicyclic) bond motifs is 8. The molecule has 4 aromatic carbocycles. The van der Waals surface area contributed by atoms with Crippen molar-refractivity contribution in [2.24, 2.45) is 0 Å². The quantitative estimate of drug-likeness (QED) is 0.140. The predicted molar refractivity (Wildman–Crippen MR) is 180 cm³/mol. The molecule has 8 bridgehead atoms. The van der Waals surface area contributed by atoms with Crippen LogP contribution in [0.2, 0.25) is 0 Å². The lowest BCUT2D eigenvalue weighted by Gasteiger charge is -2.26. The molecular weight excluding hydrogens is 544 g/mol. The van der Waals surface area contributed by atoms with Crippen LogP contribution in [0.5, 0.6) is 23.0 Å². The summed E-state index contributed by atoms with van der Waals surface area (Å²) in [6.45, 7) is -18.7. The first kappa shape index (κ1) is 14.0. The van der Waals surface area contributed by atoms with Crippen LogP contribution in [-0.4, -0.2) is 20.4 Å². The molecule has 0 fully saturated rings. The summed E-state index contributed by atoms with van der Waals surface area (Å²) in [5, 5.41) is 48.1. The van der Waals surface area contributed by atoms with Crippen molar-refractivity contribution < 1.29 is 50.6 Å². The van der Waals surface area contributed by atoms with Crippen LogP contribution in [0.25, 0.3) is 0 Å². The average molecular weight is 615 g/mol. The van der Waals surface area contributed by atoms with Gasteiger partial charge in [0, 0.05) is 50.4 Å². The number of phenolic OH excluding ortho intramolecular Hbond substituents is 4. The number of aromatic hydroxyl groups is 4. The summed E-state index contributed by atoms with van der Waals surface area (Å²) >= 11 is 0. The van der Waals surface area contributed by atoms with Gasteiger partial charge in [-0.3, -0.25) is 0 Å². The first-order chi connectivity index (χ1) is 29.5. The number of benzene rings is 4. The van der Waals surface area contributed by atoms with E-state index in [0.29, 0.717) is 5.56 Å². The van der Waals surface area contributed by atoms with Crippen molar-refractivity contribution in [3.8, 4) is 23.0 Å². The molecule has 0 aromatic heterocycles. The van der Waals surface area contributed by atoms with Crippen molar-refractivity contribution in [2.45, 2.75) is 104 Å². The van der Waals surface area contributed by atoms with Crippen LogP contribution in [0.4, 0.5) is 0 Å². The minimum atomic E-state index is -3.98. The van der Waals surface area contributed by atoms with Gasteiger partial charge in [-0.25, -0.2) is 0 Å². The van der Waals surface area contributed by atoms with E-state index in [1.54, 1.807) is 20.8 Å². The van der Waals surface area contributed by atoms with Gasteiger partial charge in [0.1, 0.15) is 23.0 Å². The Balaban J connectivity index is 2.09. The van der Waals surface area contributed by atoms with E-state index in [-0.39, 0.29) is 22.3 Å². The largest absolute Gasteiger partial charge is 0.507 e. The summed E-state index contributed by atoms with van der Waals surface area (Å²) in [5.74, 6) is -3.31. The van der Waals surface area contributed by atoms with Crippen LogP contribution in [-0.2, 0) is 41.9 Å². The highest BCUT2D eigenvalue weighted by Crippen LogP contribution is 2.41. The standard InChI is InChI=1S/C40H48O4/c1-38(2,3)31-17-25-13-23-11-10-12-24(34(23)41)14-26-18-32(39(4,5)6)20-28(36(26)43)16-30-22-33(40(7,8)9)21-29(37(30)44)15-27(19-31)35(25)42/h10-12,17-22,41-44H,13-16H2,1-9H3/i1D3,2D3,3D3,4D3,5D3,6D3,17D,18D,19D,20D. The molecule has 44 heavy (non-hydrogen) atoms. The van der Waals surface area contributed by atoms with E-state index in [1.807, 2.05) is 0 Å². The van der Waals surface area contributed by atoms with Crippen molar-refractivity contribution >= 4 is 0 Å². The minimum Gasteiger partial charge on any atom is -0.507 e. The number of hydrogen-bond acceptors (Lipinski definition) is 4. The van der Waals surface area contributed by atoms with Gasteiger partial charge in [0.2, 0.25) is 0 Å². The van der Waals surface area contributed by atoms with Crippen LogP contribution in [0.3, 0.4) is 0 Å². The second-order valence-electron chi connectivity index (χ2n) is 12.4. The maximum absolute atomic E-state index is 12.1. The lowest BCUT2D eigenvalue weighted by Crippen LogP contribution is -2.15. The van der Waals surface area contributed by atoms with Crippen LogP contribution >= 0.6 is 0 Å². The van der Waals surface area contributed by atoms with Gasteiger partial charge < -0.3 is 20.4 Å². The molecule has 4 heteroatoms. The highest BCUT2D eigenvalue weighted by atomic mass is 16.3. The van der Waals surface area contributed by atoms with Gasteiger partial charge in [0.05, 0.1) is 5.48 Å². The molecule has 4 nitrogen and oxygen atoms in total. The second kappa shape index (κ2) is 10.9. The fraction of sp³-hybridized carbons (Fsp3) is 0.400. The summed E-state index contributed by atoms with van der Waals surface area (Å²) in [7, 11) is 0. The number of hydrogen-bond donors (Lipinski definition) is 4. The van der Waals surface area contributed by atoms with E-state index in [1.165, 1.54) is 30.3 Å². The molecule has 0 spiro atoms. The summed E-state index contributed by atoms with van der Waals surface area (Å²) in [6.07, 6.45) is -3.27. The van der Waals surface area contributed by atoms with E-state index >= 15 is 0 Å². The Morgan fingerprint density at radius 1 is 0.477 bits per heavy atom. The summed E-state index contributed by atoms with van der Waals surface area (Å²) in [6, 6.07) is 1.72. The Morgan fingerprint density at radius 2 is 0.795 bits per heavy atom. The molecule has 4 N–H and O–H groups in total. The molecule has 0 amide bonds. The molecule has 1 aliphatic carbocycles. The Morgan fingerprint density at radius 3 is 1.14 bits per heavy atom. The molecule has 0 radical (unpaired) electrons. The molecular formula is C40H48O4. The number of phenols is 4. The molecule has 0 saturated carbocycles. The highest BCUT2D eigenvalue weighted by molar-refractivity contribution is 5.58. The summed E-state index contributed by atoms with van der Waals surface area (Å²) in [5.41, 5.74) is -14.6. The Kier molecular flexibility index (Phi) is 3.48. The van der Waals surface area contributed by atoms with Crippen molar-refractivity contribution in [1.29, 1.82) is 0 Å². The van der Waals surface area contributed by atoms with E-state index in [2.05, 4.69) is 0 Å². The van der Waals surface area contributed by atoms with E-state index < -0.39 is 164 Å². The Labute approximate surface area is 294 Å². The fourth-order valence-electron chi connectivity index (χ4n) is 5.31. The summed E-state index contributed by atoms with van der Waals surface area (Å²) in [4.78, 5) is 0. The van der Waals surface area contributed by atoms with Crippen molar-refractivity contribution in [1.82, 2.24) is 0 Å². The molecule has 0 aliphatic heterocycles. The average Bonchev–Trinajstić information content (AvgIpc) is 3.10. The molecule has 0 atom stereocenters. The van der Waals surface area contributed by atoms with Gasteiger partial charge in [0.25, 0.3) is 0 Å². The van der Waals surface area contributed by atoms with Crippen LogP contribution in [0.15, 0.2) is 54.5 Å². The van der Waals surface area contributed by atoms with Gasteiger partial charge >= 0.3 is 0 Å². The maximum atomic E-state index is 12.1. The molecule has 0 unspecified atom stereocenters. The van der Waals surface area contributed by atoms with Crippen LogP contribution in [0, 0.1) is 0 Å². The van der Waals surface area contributed by atoms with Gasteiger partial charge in [-0.05, 0) is 77.4 Å². The molecule has 4 aromatic rings. The Bertz CT molecular complexity index is 2350. The lowest BCUT2D eigenvalue weighted by atomic mass is 9.80. The molecule has 0 saturated heterocycles. The van der Waals surface area contributed by atoms with Crippen LogP contribution in [0.1, 0.15) is 153 Å². The SMILES string of the molecule is [2H]c1c2c(O)c(c([2H])c1C(C([2H])([2H])[2H])(C([2H])([2H])[2H])C([2H])([2H])[2H])Cc1cc(C(C)(C)C)cc(c1O)Cc1c([2H])c(C(C([2H])([2H])[2H])(C([2H])([2H])[2H])C([2H])([2H])[2H])c([2H])c(c1O)Cc1cccc(c1O)C2. The van der Waals surface area contributed by atoms with Crippen LogP contribution < -0.4 is 0 Å². The highest BCUT2D eigenvalue weighted by Gasteiger charge is 2.26. The minimum absolute atomic E-state index is 0.222. The summed E-state index contributed by atoms with van der Waals surface area (Å²) < 4.78 is 189. The third-order valence-corrected chi connectivity index (χ3v) is 7.80. The first-order valence-corrected chi connectivity index (χ1v) is 13.9. The second-order valence-corrected chi connectivity index (χ2v) is 12.4. The van der Waals surface area contributed by atoms with E-state index in [0.717, 1.165) is 0 Å². The van der Waals surface area contributed by atoms with Gasteiger partial charge in [-0.15, -0.1) is 0 Å². The van der Waals surface area contributed by atoms with Crippen molar-refractivity contribution in [3.05, 3.63) is 116 Å². The monoisotopic (exact) mass is 614 g/mol. The fourth-order valence-corrected chi connectivity index (χ4v) is 5.31. The predicted octanol–water partition coefficient (Wildman–Crippen LogP) is 9.08. The third kappa shape index (κ3) is 6.18. The zero-order chi connectivity index (χ0) is 50.8. The first-order valence-electron chi connectivity index (χ1n) is 24.9. The van der Waals surface area contributed by atoms with Gasteiger partial charge in [-0.1, -0.05) is 116 Å². The van der Waals surface area contributed by atoms with E-state index in [4.69, 9.17) is 24.7 Å². The van der Waals surface area contributed by atoms with Crippen molar-refractivity contribution in [2.75, 3.05) is 0 Å². The van der Waals surface area contributed by atoms with E-state index in [9.17, 15) is 25.9 Å². The normalized spacial score (nSPS) is 23.1. The molecule has 232 valence electrons. The zero-order valence-electron chi connectivity index (χ0n) is 46.5. The smallest absolute Gasteiger partial charge is 0.122 e. The van der Waals surface area contributed by atoms with Gasteiger partial charge in [0.15, 0.2) is 0 Å². The molecule has 5 rings (SSSR count).